The van der Waals surface area contributed by atoms with Gasteiger partial charge in [-0.1, -0.05) is 22.0 Å². The second-order valence-electron chi connectivity index (χ2n) is 3.97. The van der Waals surface area contributed by atoms with Crippen LogP contribution in [0.1, 0.15) is 24.2 Å². The molecular formula is C13H13BrFN3. The first-order valence-corrected chi connectivity index (χ1v) is 6.39. The predicted octanol–water partition coefficient (Wildman–Crippen LogP) is 3.23. The molecule has 0 aliphatic carbocycles. The molecule has 2 rings (SSSR count). The number of rotatable bonds is 4. The molecule has 1 unspecified atom stereocenters. The third kappa shape index (κ3) is 3.34. The van der Waals surface area contributed by atoms with Crippen LogP contribution in [0.25, 0.3) is 0 Å². The van der Waals surface area contributed by atoms with Crippen LogP contribution in [0.5, 0.6) is 0 Å². The van der Waals surface area contributed by atoms with E-state index in [0.29, 0.717) is 6.54 Å². The van der Waals surface area contributed by atoms with E-state index >= 15 is 0 Å². The van der Waals surface area contributed by atoms with Gasteiger partial charge in [0.25, 0.3) is 0 Å². The molecule has 1 aromatic carbocycles. The van der Waals surface area contributed by atoms with E-state index in [1.54, 1.807) is 12.3 Å². The zero-order chi connectivity index (χ0) is 13.0. The van der Waals surface area contributed by atoms with Crippen molar-refractivity contribution in [3.05, 3.63) is 58.3 Å². The summed E-state index contributed by atoms with van der Waals surface area (Å²) in [6.45, 7) is 2.67. The lowest BCUT2D eigenvalue weighted by Crippen LogP contribution is -2.19. The summed E-state index contributed by atoms with van der Waals surface area (Å²) >= 11 is 3.37. The lowest BCUT2D eigenvalue weighted by molar-refractivity contribution is 0.562. The van der Waals surface area contributed by atoms with E-state index < -0.39 is 0 Å². The smallest absolute Gasteiger partial charge is 0.124 e. The third-order valence-corrected chi connectivity index (χ3v) is 3.35. The molecule has 0 aliphatic heterocycles. The van der Waals surface area contributed by atoms with Crippen molar-refractivity contribution in [2.75, 3.05) is 0 Å². The fourth-order valence-corrected chi connectivity index (χ4v) is 2.34. The molecule has 3 nitrogen and oxygen atoms in total. The summed E-state index contributed by atoms with van der Waals surface area (Å²) < 4.78 is 13.8. The van der Waals surface area contributed by atoms with Gasteiger partial charge in [0.1, 0.15) is 12.1 Å². The summed E-state index contributed by atoms with van der Waals surface area (Å²) in [7, 11) is 0. The van der Waals surface area contributed by atoms with Crippen LogP contribution in [0.15, 0.2) is 41.3 Å². The molecule has 1 N–H and O–H groups in total. The van der Waals surface area contributed by atoms with E-state index in [9.17, 15) is 4.39 Å². The van der Waals surface area contributed by atoms with Gasteiger partial charge in [0.15, 0.2) is 0 Å². The highest BCUT2D eigenvalue weighted by Crippen LogP contribution is 2.24. The van der Waals surface area contributed by atoms with Gasteiger partial charge >= 0.3 is 0 Å². The Kier molecular flexibility index (Phi) is 4.38. The number of hydrogen-bond donors (Lipinski definition) is 1. The van der Waals surface area contributed by atoms with Gasteiger partial charge in [-0.05, 0) is 30.7 Å². The molecule has 5 heteroatoms. The Morgan fingerprint density at radius 3 is 2.89 bits per heavy atom. The summed E-state index contributed by atoms with van der Waals surface area (Å²) in [5, 5.41) is 3.33. The minimum Gasteiger partial charge on any atom is -0.305 e. The molecule has 1 aromatic heterocycles. The van der Waals surface area contributed by atoms with Crippen LogP contribution in [0.2, 0.25) is 0 Å². The number of halogens is 2. The molecule has 2 aromatic rings. The molecule has 18 heavy (non-hydrogen) atoms. The maximum Gasteiger partial charge on any atom is 0.124 e. The van der Waals surface area contributed by atoms with Crippen LogP contribution >= 0.6 is 15.9 Å². The van der Waals surface area contributed by atoms with Crippen molar-refractivity contribution in [3.8, 4) is 0 Å². The van der Waals surface area contributed by atoms with Gasteiger partial charge in [0.05, 0.1) is 5.69 Å². The molecule has 0 fully saturated rings. The zero-order valence-electron chi connectivity index (χ0n) is 9.90. The average molecular weight is 310 g/mol. The van der Waals surface area contributed by atoms with Crippen molar-refractivity contribution in [2.45, 2.75) is 19.5 Å². The summed E-state index contributed by atoms with van der Waals surface area (Å²) in [5.74, 6) is -0.242. The van der Waals surface area contributed by atoms with E-state index in [0.717, 1.165) is 15.7 Å². The fraction of sp³-hybridized carbons (Fsp3) is 0.231. The summed E-state index contributed by atoms with van der Waals surface area (Å²) in [4.78, 5) is 8.00. The normalized spacial score (nSPS) is 12.4. The Labute approximate surface area is 114 Å². The van der Waals surface area contributed by atoms with Crippen LogP contribution in [0.3, 0.4) is 0 Å². The monoisotopic (exact) mass is 309 g/mol. The number of nitrogens with zero attached hydrogens (tertiary/aromatic N) is 2. The van der Waals surface area contributed by atoms with E-state index in [1.165, 1.54) is 18.5 Å². The minimum atomic E-state index is -0.242. The van der Waals surface area contributed by atoms with Crippen LogP contribution in [-0.2, 0) is 6.54 Å². The Morgan fingerprint density at radius 2 is 2.22 bits per heavy atom. The lowest BCUT2D eigenvalue weighted by atomic mass is 10.1. The molecule has 1 atom stereocenters. The van der Waals surface area contributed by atoms with E-state index in [2.05, 4.69) is 31.2 Å². The minimum absolute atomic E-state index is 0.106. The molecule has 1 heterocycles. The van der Waals surface area contributed by atoms with Crippen molar-refractivity contribution in [1.29, 1.82) is 0 Å². The average Bonchev–Trinajstić information content (AvgIpc) is 2.37. The maximum atomic E-state index is 13.0. The second-order valence-corrected chi connectivity index (χ2v) is 4.82. The van der Waals surface area contributed by atoms with E-state index in [4.69, 9.17) is 0 Å². The van der Waals surface area contributed by atoms with Crippen LogP contribution in [-0.4, -0.2) is 9.97 Å². The van der Waals surface area contributed by atoms with E-state index in [-0.39, 0.29) is 11.9 Å². The molecule has 0 radical (unpaired) electrons. The maximum absolute atomic E-state index is 13.0. The summed E-state index contributed by atoms with van der Waals surface area (Å²) in [5.41, 5.74) is 1.94. The first kappa shape index (κ1) is 13.1. The zero-order valence-corrected chi connectivity index (χ0v) is 11.5. The highest BCUT2D eigenvalue weighted by Gasteiger charge is 2.09. The number of benzene rings is 1. The molecule has 0 saturated carbocycles. The van der Waals surface area contributed by atoms with Gasteiger partial charge in [0.2, 0.25) is 0 Å². The standard InChI is InChI=1S/C13H13BrFN3/c1-9(12-3-2-10(15)6-13(12)14)17-7-11-4-5-16-8-18-11/h2-6,8-9,17H,7H2,1H3. The number of nitrogens with one attached hydrogen (secondary N) is 1. The summed E-state index contributed by atoms with van der Waals surface area (Å²) in [6, 6.07) is 6.67. The second kappa shape index (κ2) is 6.02. The number of aromatic nitrogens is 2. The fourth-order valence-electron chi connectivity index (χ4n) is 1.64. The van der Waals surface area contributed by atoms with Gasteiger partial charge in [-0.25, -0.2) is 14.4 Å². The molecular weight excluding hydrogens is 297 g/mol. The highest BCUT2D eigenvalue weighted by atomic mass is 79.9. The Bertz CT molecular complexity index is 519. The quantitative estimate of drug-likeness (QED) is 0.942. The van der Waals surface area contributed by atoms with Crippen molar-refractivity contribution >= 4 is 15.9 Å². The van der Waals surface area contributed by atoms with Crippen LogP contribution < -0.4 is 5.32 Å². The van der Waals surface area contributed by atoms with Gasteiger partial charge in [-0.2, -0.15) is 0 Å². The van der Waals surface area contributed by atoms with Gasteiger partial charge in [-0.15, -0.1) is 0 Å². The van der Waals surface area contributed by atoms with Gasteiger partial charge in [-0.3, -0.25) is 0 Å². The Balaban J connectivity index is 2.01. The predicted molar refractivity (Wildman–Crippen MR) is 71.4 cm³/mol. The van der Waals surface area contributed by atoms with Crippen molar-refractivity contribution in [2.24, 2.45) is 0 Å². The molecule has 0 amide bonds. The molecule has 0 spiro atoms. The SMILES string of the molecule is CC(NCc1ccncn1)c1ccc(F)cc1Br. The molecule has 0 saturated heterocycles. The van der Waals surface area contributed by atoms with E-state index in [1.807, 2.05) is 13.0 Å². The Morgan fingerprint density at radius 1 is 1.39 bits per heavy atom. The lowest BCUT2D eigenvalue weighted by Gasteiger charge is -2.15. The van der Waals surface area contributed by atoms with Gasteiger partial charge in [0, 0.05) is 23.3 Å². The first-order chi connectivity index (χ1) is 8.66. The highest BCUT2D eigenvalue weighted by molar-refractivity contribution is 9.10. The first-order valence-electron chi connectivity index (χ1n) is 5.60. The molecule has 94 valence electrons. The van der Waals surface area contributed by atoms with Gasteiger partial charge < -0.3 is 5.32 Å². The van der Waals surface area contributed by atoms with Crippen LogP contribution in [0.4, 0.5) is 4.39 Å². The van der Waals surface area contributed by atoms with Crippen molar-refractivity contribution < 1.29 is 4.39 Å². The third-order valence-electron chi connectivity index (χ3n) is 2.66. The summed E-state index contributed by atoms with van der Waals surface area (Å²) in [6.07, 6.45) is 3.23. The molecule has 0 aliphatic rings. The van der Waals surface area contributed by atoms with Crippen LogP contribution in [0, 0.1) is 5.82 Å². The van der Waals surface area contributed by atoms with Crippen molar-refractivity contribution in [3.63, 3.8) is 0 Å². The number of hydrogen-bond acceptors (Lipinski definition) is 3. The molecule has 0 bridgehead atoms. The largest absolute Gasteiger partial charge is 0.305 e. The Hall–Kier alpha value is -1.33. The topological polar surface area (TPSA) is 37.8 Å². The van der Waals surface area contributed by atoms with Crippen molar-refractivity contribution in [1.82, 2.24) is 15.3 Å².